The molecular formula is C20H26ClN3O2. The van der Waals surface area contributed by atoms with Gasteiger partial charge in [0.25, 0.3) is 5.91 Å². The average molecular weight is 376 g/mol. The van der Waals surface area contributed by atoms with E-state index in [0.717, 1.165) is 45.2 Å². The van der Waals surface area contributed by atoms with Crippen molar-refractivity contribution < 1.29 is 9.59 Å². The van der Waals surface area contributed by atoms with Gasteiger partial charge < -0.3 is 15.5 Å². The van der Waals surface area contributed by atoms with E-state index >= 15 is 0 Å². The molecule has 2 N–H and O–H groups in total. The summed E-state index contributed by atoms with van der Waals surface area (Å²) in [4.78, 5) is 28.1. The number of rotatable bonds is 3. The number of hydrogen-bond donors (Lipinski definition) is 2. The van der Waals surface area contributed by atoms with Crippen molar-refractivity contribution in [2.45, 2.75) is 56.7 Å². The molecular weight excluding hydrogens is 350 g/mol. The van der Waals surface area contributed by atoms with E-state index in [1.54, 1.807) is 24.3 Å². The third kappa shape index (κ3) is 3.47. The lowest BCUT2D eigenvalue weighted by Crippen LogP contribution is -2.51. The van der Waals surface area contributed by atoms with Gasteiger partial charge in [-0.25, -0.2) is 0 Å². The Hall–Kier alpha value is -1.59. The van der Waals surface area contributed by atoms with Gasteiger partial charge >= 0.3 is 0 Å². The summed E-state index contributed by atoms with van der Waals surface area (Å²) in [5, 5.41) is 7.05. The second-order valence-corrected chi connectivity index (χ2v) is 8.22. The van der Waals surface area contributed by atoms with Crippen LogP contribution >= 0.6 is 11.6 Å². The van der Waals surface area contributed by atoms with Crippen molar-refractivity contribution >= 4 is 23.4 Å². The Morgan fingerprint density at radius 1 is 1.12 bits per heavy atom. The highest BCUT2D eigenvalue weighted by atomic mass is 35.5. The Labute approximate surface area is 159 Å². The zero-order valence-corrected chi connectivity index (χ0v) is 15.7. The molecule has 1 aromatic rings. The van der Waals surface area contributed by atoms with Gasteiger partial charge in [-0.05, 0) is 62.4 Å². The lowest BCUT2D eigenvalue weighted by atomic mass is 9.84. The summed E-state index contributed by atoms with van der Waals surface area (Å²) < 4.78 is 0. The van der Waals surface area contributed by atoms with Gasteiger partial charge in [0.1, 0.15) is 6.04 Å². The van der Waals surface area contributed by atoms with E-state index in [-0.39, 0.29) is 29.9 Å². The Morgan fingerprint density at radius 3 is 2.62 bits per heavy atom. The molecule has 5 nitrogen and oxygen atoms in total. The first-order valence-electron chi connectivity index (χ1n) is 9.73. The van der Waals surface area contributed by atoms with Gasteiger partial charge in [-0.2, -0.15) is 0 Å². The monoisotopic (exact) mass is 375 g/mol. The number of fused-ring (bicyclic) bond motifs is 1. The Balaban J connectivity index is 1.57. The average Bonchev–Trinajstić information content (AvgIpc) is 3.29. The molecule has 2 amide bonds. The molecule has 4 atom stereocenters. The first-order chi connectivity index (χ1) is 12.6. The zero-order valence-electron chi connectivity index (χ0n) is 14.9. The van der Waals surface area contributed by atoms with Gasteiger partial charge in [0.2, 0.25) is 5.91 Å². The van der Waals surface area contributed by atoms with Gasteiger partial charge in [0.15, 0.2) is 0 Å². The molecule has 0 spiro atoms. The molecule has 140 valence electrons. The summed E-state index contributed by atoms with van der Waals surface area (Å²) in [5.74, 6) is 0.411. The fourth-order valence-corrected chi connectivity index (χ4v) is 4.93. The standard InChI is InChI=1S/C20H26ClN3O2/c21-15-7-5-13(6-8-15)20(26)24-17-4-2-1-3-14(17)11-18(24)19(25)23-16-9-10-22-12-16/h5-8,14,16-18,22H,1-4,9-12H2,(H,23,25). The summed E-state index contributed by atoms with van der Waals surface area (Å²) in [6.45, 7) is 1.75. The minimum absolute atomic E-state index is 0.00964. The number of carbonyl (C=O) groups is 2. The molecule has 1 saturated carbocycles. The molecule has 2 heterocycles. The van der Waals surface area contributed by atoms with Crippen LogP contribution in [0.4, 0.5) is 0 Å². The minimum atomic E-state index is -0.355. The van der Waals surface area contributed by atoms with Crippen LogP contribution in [0.25, 0.3) is 0 Å². The van der Waals surface area contributed by atoms with E-state index in [4.69, 9.17) is 11.6 Å². The Morgan fingerprint density at radius 2 is 1.88 bits per heavy atom. The van der Waals surface area contributed by atoms with E-state index in [9.17, 15) is 9.59 Å². The fourth-order valence-electron chi connectivity index (χ4n) is 4.80. The van der Waals surface area contributed by atoms with Crippen LogP contribution in [0.5, 0.6) is 0 Å². The topological polar surface area (TPSA) is 61.4 Å². The molecule has 0 radical (unpaired) electrons. The molecule has 4 rings (SSSR count). The zero-order chi connectivity index (χ0) is 18.1. The van der Waals surface area contributed by atoms with E-state index in [1.165, 1.54) is 6.42 Å². The molecule has 26 heavy (non-hydrogen) atoms. The Kier molecular flexibility index (Phi) is 5.18. The minimum Gasteiger partial charge on any atom is -0.350 e. The third-order valence-corrected chi connectivity index (χ3v) is 6.38. The normalized spacial score (nSPS) is 30.9. The van der Waals surface area contributed by atoms with Gasteiger partial charge in [0, 0.05) is 29.2 Å². The maximum atomic E-state index is 13.3. The van der Waals surface area contributed by atoms with Crippen molar-refractivity contribution in [3.05, 3.63) is 34.9 Å². The van der Waals surface area contributed by atoms with Crippen LogP contribution in [-0.2, 0) is 4.79 Å². The quantitative estimate of drug-likeness (QED) is 0.853. The second-order valence-electron chi connectivity index (χ2n) is 7.78. The maximum Gasteiger partial charge on any atom is 0.254 e. The lowest BCUT2D eigenvalue weighted by molar-refractivity contribution is -0.125. The highest BCUT2D eigenvalue weighted by molar-refractivity contribution is 6.30. The summed E-state index contributed by atoms with van der Waals surface area (Å²) in [7, 11) is 0. The van der Waals surface area contributed by atoms with E-state index in [0.29, 0.717) is 16.5 Å². The number of likely N-dealkylation sites (tertiary alicyclic amines) is 1. The second kappa shape index (κ2) is 7.57. The van der Waals surface area contributed by atoms with Crippen LogP contribution in [0, 0.1) is 5.92 Å². The molecule has 3 fully saturated rings. The van der Waals surface area contributed by atoms with Gasteiger partial charge in [-0.1, -0.05) is 24.4 Å². The summed E-state index contributed by atoms with van der Waals surface area (Å²) in [6, 6.07) is 7.01. The van der Waals surface area contributed by atoms with Crippen molar-refractivity contribution in [1.82, 2.24) is 15.5 Å². The largest absolute Gasteiger partial charge is 0.350 e. The summed E-state index contributed by atoms with van der Waals surface area (Å²) in [5.41, 5.74) is 0.612. The van der Waals surface area contributed by atoms with Crippen molar-refractivity contribution in [3.8, 4) is 0 Å². The fraction of sp³-hybridized carbons (Fsp3) is 0.600. The van der Waals surface area contributed by atoms with Crippen LogP contribution in [0.2, 0.25) is 5.02 Å². The Bertz CT molecular complexity index is 672. The van der Waals surface area contributed by atoms with Crippen LogP contribution in [0.3, 0.4) is 0 Å². The molecule has 2 saturated heterocycles. The van der Waals surface area contributed by atoms with E-state index in [2.05, 4.69) is 10.6 Å². The predicted octanol–water partition coefficient (Wildman–Crippen LogP) is 2.59. The SMILES string of the molecule is O=C(NC1CCNC1)C1CC2CCCCC2N1C(=O)c1ccc(Cl)cc1. The number of halogens is 1. The predicted molar refractivity (Wildman–Crippen MR) is 101 cm³/mol. The highest BCUT2D eigenvalue weighted by Crippen LogP contribution is 2.40. The van der Waals surface area contributed by atoms with Gasteiger partial charge in [0.05, 0.1) is 0 Å². The molecule has 1 aromatic carbocycles. The highest BCUT2D eigenvalue weighted by Gasteiger charge is 2.47. The number of amides is 2. The summed E-state index contributed by atoms with van der Waals surface area (Å²) in [6.07, 6.45) is 6.19. The number of nitrogens with zero attached hydrogens (tertiary/aromatic N) is 1. The number of benzene rings is 1. The van der Waals surface area contributed by atoms with E-state index in [1.807, 2.05) is 4.90 Å². The first kappa shape index (κ1) is 17.8. The van der Waals surface area contributed by atoms with Crippen LogP contribution in [0.1, 0.15) is 48.9 Å². The smallest absolute Gasteiger partial charge is 0.254 e. The van der Waals surface area contributed by atoms with Crippen molar-refractivity contribution in [3.63, 3.8) is 0 Å². The molecule has 0 bridgehead atoms. The van der Waals surface area contributed by atoms with Crippen molar-refractivity contribution in [2.24, 2.45) is 5.92 Å². The summed E-state index contributed by atoms with van der Waals surface area (Å²) >= 11 is 5.97. The van der Waals surface area contributed by atoms with Crippen LogP contribution in [-0.4, -0.2) is 47.9 Å². The van der Waals surface area contributed by atoms with Gasteiger partial charge in [-0.15, -0.1) is 0 Å². The molecule has 2 aliphatic heterocycles. The van der Waals surface area contributed by atoms with Gasteiger partial charge in [-0.3, -0.25) is 9.59 Å². The third-order valence-electron chi connectivity index (χ3n) is 6.12. The number of nitrogens with one attached hydrogen (secondary N) is 2. The number of carbonyl (C=O) groups excluding carboxylic acids is 2. The van der Waals surface area contributed by atoms with Crippen molar-refractivity contribution in [1.29, 1.82) is 0 Å². The molecule has 6 heteroatoms. The molecule has 1 aliphatic carbocycles. The van der Waals surface area contributed by atoms with E-state index < -0.39 is 0 Å². The lowest BCUT2D eigenvalue weighted by Gasteiger charge is -2.34. The maximum absolute atomic E-state index is 13.3. The van der Waals surface area contributed by atoms with Crippen LogP contribution in [0.15, 0.2) is 24.3 Å². The van der Waals surface area contributed by atoms with Crippen molar-refractivity contribution in [2.75, 3.05) is 13.1 Å². The molecule has 3 aliphatic rings. The molecule has 0 aromatic heterocycles. The van der Waals surface area contributed by atoms with Crippen LogP contribution < -0.4 is 10.6 Å². The number of hydrogen-bond acceptors (Lipinski definition) is 3. The molecule has 4 unspecified atom stereocenters. The first-order valence-corrected chi connectivity index (χ1v) is 10.1.